The fourth-order valence-corrected chi connectivity index (χ4v) is 2.92. The minimum atomic E-state index is -0.346. The summed E-state index contributed by atoms with van der Waals surface area (Å²) in [7, 11) is 0. The largest absolute Gasteiger partial charge is 0.345 e. The number of amides is 1. The molecule has 1 atom stereocenters. The van der Waals surface area contributed by atoms with Crippen LogP contribution in [0.3, 0.4) is 0 Å². The van der Waals surface area contributed by atoms with Crippen LogP contribution in [0, 0.1) is 13.8 Å². The van der Waals surface area contributed by atoms with Gasteiger partial charge in [-0.25, -0.2) is 0 Å². The van der Waals surface area contributed by atoms with E-state index in [4.69, 9.17) is 0 Å². The molecule has 1 amide bonds. The molecular weight excluding hydrogens is 288 g/mol. The van der Waals surface area contributed by atoms with E-state index in [-0.39, 0.29) is 11.9 Å². The molecule has 1 unspecified atom stereocenters. The van der Waals surface area contributed by atoms with E-state index in [0.717, 1.165) is 23.2 Å². The second-order valence-corrected chi connectivity index (χ2v) is 5.97. The Morgan fingerprint density at radius 2 is 2.09 bits per heavy atom. The van der Waals surface area contributed by atoms with Crippen LogP contribution in [0.1, 0.15) is 31.1 Å². The molecular formula is C18H22N4O. The molecule has 120 valence electrons. The van der Waals surface area contributed by atoms with Crippen LogP contribution < -0.4 is 5.32 Å². The van der Waals surface area contributed by atoms with Crippen molar-refractivity contribution in [2.24, 2.45) is 0 Å². The number of carbonyl (C=O) groups is 1. The molecule has 5 nitrogen and oxygen atoms in total. The number of aryl methyl sites for hydroxylation is 3. The third kappa shape index (κ3) is 2.86. The van der Waals surface area contributed by atoms with Gasteiger partial charge in [0.25, 0.3) is 0 Å². The SMILES string of the molecule is CCn1c(C)cc2cc(NC(=O)C(C)n3cc(C)cn3)ccc21. The summed E-state index contributed by atoms with van der Waals surface area (Å²) in [5, 5.41) is 8.33. The second kappa shape index (κ2) is 5.91. The zero-order valence-corrected chi connectivity index (χ0v) is 14.0. The number of hydrogen-bond donors (Lipinski definition) is 1. The summed E-state index contributed by atoms with van der Waals surface area (Å²) in [5.41, 5.74) is 4.28. The Morgan fingerprint density at radius 3 is 2.74 bits per heavy atom. The van der Waals surface area contributed by atoms with Crippen molar-refractivity contribution in [3.8, 4) is 0 Å². The summed E-state index contributed by atoms with van der Waals surface area (Å²) < 4.78 is 3.94. The molecule has 0 fully saturated rings. The Balaban J connectivity index is 1.82. The van der Waals surface area contributed by atoms with Crippen LogP contribution in [-0.2, 0) is 11.3 Å². The van der Waals surface area contributed by atoms with E-state index < -0.39 is 0 Å². The van der Waals surface area contributed by atoms with Crippen LogP contribution in [0.2, 0.25) is 0 Å². The molecule has 0 aliphatic rings. The average Bonchev–Trinajstić information content (AvgIpc) is 3.08. The van der Waals surface area contributed by atoms with Crippen LogP contribution in [0.15, 0.2) is 36.7 Å². The summed E-state index contributed by atoms with van der Waals surface area (Å²) >= 11 is 0. The highest BCUT2D eigenvalue weighted by Crippen LogP contribution is 2.23. The third-order valence-corrected chi connectivity index (χ3v) is 4.20. The number of aromatic nitrogens is 3. The van der Waals surface area contributed by atoms with Gasteiger partial charge in [-0.3, -0.25) is 9.48 Å². The van der Waals surface area contributed by atoms with Gasteiger partial charge in [0.05, 0.1) is 6.20 Å². The maximum absolute atomic E-state index is 12.4. The minimum Gasteiger partial charge on any atom is -0.345 e. The van der Waals surface area contributed by atoms with E-state index in [1.165, 1.54) is 11.2 Å². The standard InChI is InChI=1S/C18H22N4O/c1-5-21-13(3)8-15-9-16(6-7-17(15)21)20-18(23)14(4)22-11-12(2)10-19-22/h6-11,14H,5H2,1-4H3,(H,20,23). The smallest absolute Gasteiger partial charge is 0.248 e. The van der Waals surface area contributed by atoms with Crippen LogP contribution >= 0.6 is 0 Å². The maximum atomic E-state index is 12.4. The molecule has 1 N–H and O–H groups in total. The molecule has 5 heteroatoms. The van der Waals surface area contributed by atoms with Crippen LogP contribution in [0.5, 0.6) is 0 Å². The van der Waals surface area contributed by atoms with Crippen molar-refractivity contribution in [1.29, 1.82) is 0 Å². The molecule has 2 heterocycles. The predicted molar refractivity (Wildman–Crippen MR) is 92.7 cm³/mol. The van der Waals surface area contributed by atoms with Crippen molar-refractivity contribution in [3.05, 3.63) is 47.9 Å². The van der Waals surface area contributed by atoms with Gasteiger partial charge in [-0.1, -0.05) is 0 Å². The maximum Gasteiger partial charge on any atom is 0.248 e. The number of benzene rings is 1. The van der Waals surface area contributed by atoms with Crippen LogP contribution in [-0.4, -0.2) is 20.3 Å². The van der Waals surface area contributed by atoms with Crippen molar-refractivity contribution < 1.29 is 4.79 Å². The molecule has 0 saturated carbocycles. The van der Waals surface area contributed by atoms with Crippen LogP contribution in [0.4, 0.5) is 5.69 Å². The van der Waals surface area contributed by atoms with Crippen LogP contribution in [0.25, 0.3) is 10.9 Å². The Morgan fingerprint density at radius 1 is 1.30 bits per heavy atom. The molecule has 2 aromatic heterocycles. The summed E-state index contributed by atoms with van der Waals surface area (Å²) in [6.07, 6.45) is 3.63. The average molecular weight is 310 g/mol. The Bertz CT molecular complexity index is 859. The fraction of sp³-hybridized carbons (Fsp3) is 0.333. The third-order valence-electron chi connectivity index (χ3n) is 4.20. The highest BCUT2D eigenvalue weighted by atomic mass is 16.2. The highest BCUT2D eigenvalue weighted by molar-refractivity contribution is 5.96. The van der Waals surface area contributed by atoms with Gasteiger partial charge in [0.1, 0.15) is 6.04 Å². The van der Waals surface area contributed by atoms with Gasteiger partial charge in [0.2, 0.25) is 5.91 Å². The topological polar surface area (TPSA) is 51.9 Å². The van der Waals surface area contributed by atoms with Crippen molar-refractivity contribution in [3.63, 3.8) is 0 Å². The molecule has 1 aromatic carbocycles. The van der Waals surface area contributed by atoms with Crippen molar-refractivity contribution in [1.82, 2.24) is 14.3 Å². The van der Waals surface area contributed by atoms with E-state index in [1.807, 2.05) is 32.2 Å². The Labute approximate surface area is 135 Å². The van der Waals surface area contributed by atoms with E-state index in [0.29, 0.717) is 0 Å². The lowest BCUT2D eigenvalue weighted by molar-refractivity contribution is -0.119. The lowest BCUT2D eigenvalue weighted by Crippen LogP contribution is -2.23. The first-order valence-corrected chi connectivity index (χ1v) is 7.91. The first kappa shape index (κ1) is 15.3. The Kier molecular flexibility index (Phi) is 3.94. The first-order valence-electron chi connectivity index (χ1n) is 7.91. The normalized spacial score (nSPS) is 12.5. The number of rotatable bonds is 4. The zero-order chi connectivity index (χ0) is 16.6. The van der Waals surface area contributed by atoms with Gasteiger partial charge in [0, 0.05) is 35.0 Å². The summed E-state index contributed by atoms with van der Waals surface area (Å²) in [6.45, 7) is 8.98. The summed E-state index contributed by atoms with van der Waals surface area (Å²) in [5.74, 6) is -0.0703. The predicted octanol–water partition coefficient (Wildman–Crippen LogP) is 3.67. The van der Waals surface area contributed by atoms with Crippen molar-refractivity contribution in [2.45, 2.75) is 40.3 Å². The van der Waals surface area contributed by atoms with Gasteiger partial charge in [-0.05, 0) is 57.5 Å². The monoisotopic (exact) mass is 310 g/mol. The molecule has 0 radical (unpaired) electrons. The number of anilines is 1. The van der Waals surface area contributed by atoms with E-state index >= 15 is 0 Å². The van der Waals surface area contributed by atoms with E-state index in [1.54, 1.807) is 10.9 Å². The van der Waals surface area contributed by atoms with E-state index in [2.05, 4.69) is 41.0 Å². The molecule has 23 heavy (non-hydrogen) atoms. The number of hydrogen-bond acceptors (Lipinski definition) is 2. The molecule has 0 bridgehead atoms. The molecule has 0 aliphatic heterocycles. The lowest BCUT2D eigenvalue weighted by Gasteiger charge is -2.13. The number of nitrogens with zero attached hydrogens (tertiary/aromatic N) is 3. The fourth-order valence-electron chi connectivity index (χ4n) is 2.92. The van der Waals surface area contributed by atoms with Gasteiger partial charge in [0.15, 0.2) is 0 Å². The second-order valence-electron chi connectivity index (χ2n) is 5.97. The van der Waals surface area contributed by atoms with Gasteiger partial charge in [-0.15, -0.1) is 0 Å². The molecule has 3 aromatic rings. The Hall–Kier alpha value is -2.56. The van der Waals surface area contributed by atoms with Gasteiger partial charge < -0.3 is 9.88 Å². The number of fused-ring (bicyclic) bond motifs is 1. The number of carbonyl (C=O) groups excluding carboxylic acids is 1. The summed E-state index contributed by atoms with van der Waals surface area (Å²) in [4.78, 5) is 12.4. The zero-order valence-electron chi connectivity index (χ0n) is 14.0. The van der Waals surface area contributed by atoms with E-state index in [9.17, 15) is 4.79 Å². The molecule has 3 rings (SSSR count). The van der Waals surface area contributed by atoms with Crippen molar-refractivity contribution in [2.75, 3.05) is 5.32 Å². The van der Waals surface area contributed by atoms with Gasteiger partial charge in [-0.2, -0.15) is 5.10 Å². The minimum absolute atomic E-state index is 0.0703. The molecule has 0 aliphatic carbocycles. The van der Waals surface area contributed by atoms with Crippen molar-refractivity contribution >= 4 is 22.5 Å². The number of nitrogens with one attached hydrogen (secondary N) is 1. The first-order chi connectivity index (χ1) is 11.0. The highest BCUT2D eigenvalue weighted by Gasteiger charge is 2.16. The molecule has 0 saturated heterocycles. The quantitative estimate of drug-likeness (QED) is 0.799. The van der Waals surface area contributed by atoms with Gasteiger partial charge >= 0.3 is 0 Å². The lowest BCUT2D eigenvalue weighted by atomic mass is 10.2. The summed E-state index contributed by atoms with van der Waals surface area (Å²) in [6, 6.07) is 7.83. The molecule has 0 spiro atoms.